The van der Waals surface area contributed by atoms with E-state index in [4.69, 9.17) is 21.8 Å². The first-order valence-corrected chi connectivity index (χ1v) is 10.8. The Hall–Kier alpha value is -1.04. The molecule has 2 rings (SSSR count). The fourth-order valence-corrected chi connectivity index (χ4v) is 3.75. The summed E-state index contributed by atoms with van der Waals surface area (Å²) in [7, 11) is -1.78. The van der Waals surface area contributed by atoms with E-state index in [1.807, 2.05) is 0 Å². The summed E-state index contributed by atoms with van der Waals surface area (Å²) < 4.78 is 6.30. The number of hydrogen-bond acceptors (Lipinski definition) is 3. The normalized spacial score (nSPS) is 16.5. The molecule has 0 saturated carbocycles. The molecule has 1 aliphatic rings. The number of likely N-dealkylation sites (tertiary alicyclic amines) is 1. The minimum Gasteiger partial charge on any atom is -0.410 e. The maximum absolute atomic E-state index is 12.4. The predicted octanol–water partition coefficient (Wildman–Crippen LogP) is 3.77. The number of hydrogen-bond donors (Lipinski definition) is 1. The van der Waals surface area contributed by atoms with Gasteiger partial charge in [0.15, 0.2) is 8.32 Å². The van der Waals surface area contributed by atoms with Crippen LogP contribution >= 0.6 is 11.6 Å². The standard InChI is InChI=1S/C16H25ClN2O2Si/c1-16(2,3)22(4,5)21-12-9-19(10-12)15(20)13-7-6-11(18)8-14(13)17/h6-8,12H,9-10,18H2,1-5H3. The minimum atomic E-state index is -1.78. The van der Waals surface area contributed by atoms with Crippen molar-refractivity contribution in [2.75, 3.05) is 18.8 Å². The van der Waals surface area contributed by atoms with Gasteiger partial charge in [-0.15, -0.1) is 0 Å². The number of benzene rings is 1. The van der Waals surface area contributed by atoms with Gasteiger partial charge in [0.25, 0.3) is 5.91 Å². The van der Waals surface area contributed by atoms with Crippen molar-refractivity contribution in [3.63, 3.8) is 0 Å². The molecule has 1 aromatic carbocycles. The van der Waals surface area contributed by atoms with Gasteiger partial charge in [0.1, 0.15) is 0 Å². The highest BCUT2D eigenvalue weighted by Crippen LogP contribution is 2.38. The average Bonchev–Trinajstić information content (AvgIpc) is 2.31. The van der Waals surface area contributed by atoms with Crippen LogP contribution in [0.3, 0.4) is 0 Å². The van der Waals surface area contributed by atoms with E-state index in [0.29, 0.717) is 29.4 Å². The smallest absolute Gasteiger partial charge is 0.255 e. The summed E-state index contributed by atoms with van der Waals surface area (Å²) in [6, 6.07) is 4.99. The summed E-state index contributed by atoms with van der Waals surface area (Å²) in [5, 5.41) is 0.580. The van der Waals surface area contributed by atoms with Crippen molar-refractivity contribution in [2.45, 2.75) is 45.0 Å². The van der Waals surface area contributed by atoms with Crippen molar-refractivity contribution in [1.82, 2.24) is 4.90 Å². The van der Waals surface area contributed by atoms with E-state index in [0.717, 1.165) is 0 Å². The number of nitrogens with zero attached hydrogens (tertiary/aromatic N) is 1. The topological polar surface area (TPSA) is 55.6 Å². The summed E-state index contributed by atoms with van der Waals surface area (Å²) in [5.41, 5.74) is 6.72. The van der Waals surface area contributed by atoms with Crippen molar-refractivity contribution in [1.29, 1.82) is 0 Å². The van der Waals surface area contributed by atoms with Crippen LogP contribution in [0.25, 0.3) is 0 Å². The number of carbonyl (C=O) groups is 1. The Kier molecular flexibility index (Phi) is 4.62. The van der Waals surface area contributed by atoms with Crippen molar-refractivity contribution >= 4 is 31.5 Å². The SMILES string of the molecule is CC(C)(C)[Si](C)(C)OC1CN(C(=O)c2ccc(N)cc2Cl)C1. The summed E-state index contributed by atoms with van der Waals surface area (Å²) in [5.74, 6) is -0.0555. The van der Waals surface area contributed by atoms with Crippen LogP contribution in [-0.4, -0.2) is 38.3 Å². The van der Waals surface area contributed by atoms with Gasteiger partial charge in [-0.3, -0.25) is 4.79 Å². The molecule has 1 heterocycles. The van der Waals surface area contributed by atoms with Gasteiger partial charge >= 0.3 is 0 Å². The molecule has 1 aliphatic heterocycles. The van der Waals surface area contributed by atoms with Crippen LogP contribution in [0.1, 0.15) is 31.1 Å². The summed E-state index contributed by atoms with van der Waals surface area (Å²) in [6.07, 6.45) is 0.136. The maximum Gasteiger partial charge on any atom is 0.255 e. The first-order chi connectivity index (χ1) is 10.0. The van der Waals surface area contributed by atoms with E-state index < -0.39 is 8.32 Å². The molecule has 4 nitrogen and oxygen atoms in total. The second-order valence-electron chi connectivity index (χ2n) is 7.45. The lowest BCUT2D eigenvalue weighted by Crippen LogP contribution is -2.59. The number of carbonyl (C=O) groups excluding carboxylic acids is 1. The maximum atomic E-state index is 12.4. The molecule has 1 saturated heterocycles. The molecule has 0 spiro atoms. The van der Waals surface area contributed by atoms with E-state index in [-0.39, 0.29) is 17.0 Å². The predicted molar refractivity (Wildman–Crippen MR) is 93.8 cm³/mol. The van der Waals surface area contributed by atoms with E-state index in [9.17, 15) is 4.79 Å². The fraction of sp³-hybridized carbons (Fsp3) is 0.562. The monoisotopic (exact) mass is 340 g/mol. The molecule has 22 heavy (non-hydrogen) atoms. The van der Waals surface area contributed by atoms with Gasteiger partial charge in [0.05, 0.1) is 16.7 Å². The molecule has 0 aromatic heterocycles. The van der Waals surface area contributed by atoms with Gasteiger partial charge < -0.3 is 15.1 Å². The number of anilines is 1. The summed E-state index contributed by atoms with van der Waals surface area (Å²) >= 11 is 6.10. The molecule has 6 heteroatoms. The molecular formula is C16H25ClN2O2Si. The highest BCUT2D eigenvalue weighted by molar-refractivity contribution is 6.74. The van der Waals surface area contributed by atoms with Crippen LogP contribution in [0.15, 0.2) is 18.2 Å². The molecule has 1 amide bonds. The van der Waals surface area contributed by atoms with Crippen LogP contribution in [0.4, 0.5) is 5.69 Å². The molecule has 122 valence electrons. The third kappa shape index (κ3) is 3.47. The minimum absolute atomic E-state index is 0.0555. The number of nitrogen functional groups attached to an aromatic ring is 1. The van der Waals surface area contributed by atoms with Gasteiger partial charge in [-0.25, -0.2) is 0 Å². The lowest BCUT2D eigenvalue weighted by Gasteiger charge is -2.46. The van der Waals surface area contributed by atoms with E-state index in [1.54, 1.807) is 23.1 Å². The first-order valence-electron chi connectivity index (χ1n) is 7.53. The second-order valence-corrected chi connectivity index (χ2v) is 12.6. The van der Waals surface area contributed by atoms with Gasteiger partial charge in [0, 0.05) is 18.8 Å². The zero-order valence-electron chi connectivity index (χ0n) is 13.9. The Balaban J connectivity index is 1.95. The zero-order chi connectivity index (χ0) is 16.7. The lowest BCUT2D eigenvalue weighted by molar-refractivity contribution is 0.0118. The Morgan fingerprint density at radius 3 is 2.45 bits per heavy atom. The van der Waals surface area contributed by atoms with Crippen molar-refractivity contribution in [3.8, 4) is 0 Å². The second kappa shape index (κ2) is 5.87. The molecule has 0 bridgehead atoms. The van der Waals surface area contributed by atoms with Crippen LogP contribution < -0.4 is 5.73 Å². The Labute approximate surface area is 138 Å². The van der Waals surface area contributed by atoms with E-state index in [2.05, 4.69) is 33.9 Å². The van der Waals surface area contributed by atoms with Crippen LogP contribution in [0.5, 0.6) is 0 Å². The van der Waals surface area contributed by atoms with Crippen LogP contribution in [0, 0.1) is 0 Å². The highest BCUT2D eigenvalue weighted by atomic mass is 35.5. The Morgan fingerprint density at radius 1 is 1.36 bits per heavy atom. The molecule has 0 unspecified atom stereocenters. The molecule has 2 N–H and O–H groups in total. The largest absolute Gasteiger partial charge is 0.410 e. The summed E-state index contributed by atoms with van der Waals surface area (Å²) in [6.45, 7) is 12.4. The van der Waals surface area contributed by atoms with Gasteiger partial charge in [-0.2, -0.15) is 0 Å². The quantitative estimate of drug-likeness (QED) is 0.673. The van der Waals surface area contributed by atoms with E-state index >= 15 is 0 Å². The molecule has 1 aromatic rings. The third-order valence-electron chi connectivity index (χ3n) is 4.63. The van der Waals surface area contributed by atoms with Gasteiger partial charge in [-0.1, -0.05) is 32.4 Å². The zero-order valence-corrected chi connectivity index (χ0v) is 15.7. The van der Waals surface area contributed by atoms with E-state index in [1.165, 1.54) is 0 Å². The molecule has 1 fully saturated rings. The van der Waals surface area contributed by atoms with Crippen LogP contribution in [0.2, 0.25) is 23.2 Å². The molecule has 0 atom stereocenters. The van der Waals surface area contributed by atoms with Crippen molar-refractivity contribution in [3.05, 3.63) is 28.8 Å². The Morgan fingerprint density at radius 2 is 1.95 bits per heavy atom. The average molecular weight is 341 g/mol. The van der Waals surface area contributed by atoms with Crippen LogP contribution in [-0.2, 0) is 4.43 Å². The third-order valence-corrected chi connectivity index (χ3v) is 9.47. The number of rotatable bonds is 3. The number of halogens is 1. The van der Waals surface area contributed by atoms with Gasteiger partial charge in [-0.05, 0) is 36.3 Å². The number of nitrogens with two attached hydrogens (primary N) is 1. The summed E-state index contributed by atoms with van der Waals surface area (Å²) in [4.78, 5) is 14.2. The van der Waals surface area contributed by atoms with Crippen molar-refractivity contribution < 1.29 is 9.22 Å². The first kappa shape index (κ1) is 17.3. The Bertz CT molecular complexity index is 578. The lowest BCUT2D eigenvalue weighted by atomic mass is 10.1. The molecule has 0 aliphatic carbocycles. The highest BCUT2D eigenvalue weighted by Gasteiger charge is 2.43. The molecule has 0 radical (unpaired) electrons. The van der Waals surface area contributed by atoms with Crippen molar-refractivity contribution in [2.24, 2.45) is 0 Å². The fourth-order valence-electron chi connectivity index (χ4n) is 2.15. The number of amides is 1. The molecular weight excluding hydrogens is 316 g/mol. The van der Waals surface area contributed by atoms with Gasteiger partial charge in [0.2, 0.25) is 0 Å².